The average molecular weight is 400 g/mol. The van der Waals surface area contributed by atoms with E-state index in [1.165, 1.54) is 11.8 Å². The highest BCUT2D eigenvalue weighted by Gasteiger charge is 2.18. The van der Waals surface area contributed by atoms with E-state index in [9.17, 15) is 9.59 Å². The fraction of sp³-hybridized carbons (Fsp3) is 0.400. The number of rotatable bonds is 7. The van der Waals surface area contributed by atoms with Gasteiger partial charge in [0.05, 0.1) is 11.4 Å². The Bertz CT molecular complexity index is 1050. The Morgan fingerprint density at radius 2 is 1.89 bits per heavy atom. The number of anilines is 1. The number of thioether (sulfide) groups is 1. The summed E-state index contributed by atoms with van der Waals surface area (Å²) < 4.78 is 3.35. The number of carbonyl (C=O) groups excluding carboxylic acids is 1. The molecule has 28 heavy (non-hydrogen) atoms. The Hall–Kier alpha value is -2.61. The third kappa shape index (κ3) is 4.11. The molecular weight excluding hydrogens is 374 g/mol. The summed E-state index contributed by atoms with van der Waals surface area (Å²) in [5, 5.41) is 7.85. The van der Waals surface area contributed by atoms with Gasteiger partial charge in [-0.3, -0.25) is 18.8 Å². The number of benzene rings is 1. The van der Waals surface area contributed by atoms with E-state index in [0.717, 1.165) is 23.4 Å². The van der Waals surface area contributed by atoms with E-state index in [4.69, 9.17) is 0 Å². The zero-order valence-corrected chi connectivity index (χ0v) is 17.5. The van der Waals surface area contributed by atoms with Gasteiger partial charge in [-0.1, -0.05) is 36.4 Å². The molecule has 7 nitrogen and oxygen atoms in total. The van der Waals surface area contributed by atoms with Crippen LogP contribution in [0.2, 0.25) is 0 Å². The Kier molecular flexibility index (Phi) is 6.18. The van der Waals surface area contributed by atoms with Crippen molar-refractivity contribution in [3.05, 3.63) is 45.9 Å². The Labute approximate surface area is 168 Å². The maximum absolute atomic E-state index is 13.0. The van der Waals surface area contributed by atoms with Crippen molar-refractivity contribution in [1.29, 1.82) is 0 Å². The lowest BCUT2D eigenvalue weighted by Gasteiger charge is -2.12. The second kappa shape index (κ2) is 8.60. The second-order valence-corrected chi connectivity index (χ2v) is 7.59. The van der Waals surface area contributed by atoms with Crippen LogP contribution < -0.4 is 10.9 Å². The lowest BCUT2D eigenvalue weighted by molar-refractivity contribution is -0.113. The first-order valence-electron chi connectivity index (χ1n) is 9.41. The molecule has 1 amide bonds. The second-order valence-electron chi connectivity index (χ2n) is 6.65. The molecule has 0 spiro atoms. The molecule has 0 bridgehead atoms. The number of hydrogen-bond donors (Lipinski definition) is 1. The first-order chi connectivity index (χ1) is 13.4. The summed E-state index contributed by atoms with van der Waals surface area (Å²) in [6.07, 6.45) is 0.801. The number of hydrogen-bond acceptors (Lipinski definition) is 5. The molecule has 148 valence electrons. The number of aryl methyl sites for hydroxylation is 3. The van der Waals surface area contributed by atoms with Crippen molar-refractivity contribution in [3.8, 4) is 0 Å². The van der Waals surface area contributed by atoms with E-state index in [1.54, 1.807) is 9.25 Å². The molecule has 8 heteroatoms. The third-order valence-electron chi connectivity index (χ3n) is 4.40. The topological polar surface area (TPSA) is 81.8 Å². The van der Waals surface area contributed by atoms with Crippen LogP contribution in [-0.4, -0.2) is 31.0 Å². The molecule has 1 N–H and O–H groups in total. The first-order valence-corrected chi connectivity index (χ1v) is 10.4. The number of aromatic nitrogens is 4. The van der Waals surface area contributed by atoms with E-state index < -0.39 is 0 Å². The smallest absolute Gasteiger partial charge is 0.280 e. The van der Waals surface area contributed by atoms with Crippen LogP contribution in [0.5, 0.6) is 0 Å². The molecule has 0 aliphatic carbocycles. The molecule has 2 aromatic heterocycles. The van der Waals surface area contributed by atoms with Gasteiger partial charge in [-0.05, 0) is 39.3 Å². The molecule has 0 aliphatic rings. The highest BCUT2D eigenvalue weighted by Crippen LogP contribution is 2.20. The van der Waals surface area contributed by atoms with Gasteiger partial charge in [-0.2, -0.15) is 5.10 Å². The highest BCUT2D eigenvalue weighted by molar-refractivity contribution is 7.99. The predicted molar refractivity (Wildman–Crippen MR) is 113 cm³/mol. The van der Waals surface area contributed by atoms with Crippen LogP contribution in [0.3, 0.4) is 0 Å². The van der Waals surface area contributed by atoms with Crippen LogP contribution in [0.1, 0.15) is 31.5 Å². The van der Waals surface area contributed by atoms with Gasteiger partial charge in [-0.25, -0.2) is 4.98 Å². The van der Waals surface area contributed by atoms with E-state index in [2.05, 4.69) is 15.4 Å². The number of amides is 1. The number of nitrogens with zero attached hydrogens (tertiary/aromatic N) is 4. The number of fused-ring (bicyclic) bond motifs is 1. The molecule has 0 fully saturated rings. The van der Waals surface area contributed by atoms with Crippen LogP contribution in [0, 0.1) is 13.8 Å². The van der Waals surface area contributed by atoms with Crippen molar-refractivity contribution in [2.45, 2.75) is 52.4 Å². The van der Waals surface area contributed by atoms with Crippen molar-refractivity contribution < 1.29 is 4.79 Å². The summed E-state index contributed by atoms with van der Waals surface area (Å²) in [5.74, 6) is 0.0449. The van der Waals surface area contributed by atoms with Crippen molar-refractivity contribution in [3.63, 3.8) is 0 Å². The predicted octanol–water partition coefficient (Wildman–Crippen LogP) is 3.37. The van der Waals surface area contributed by atoms with Gasteiger partial charge in [0.15, 0.2) is 10.7 Å². The number of nitrogens with one attached hydrogen (secondary N) is 1. The van der Waals surface area contributed by atoms with E-state index in [-0.39, 0.29) is 17.2 Å². The quantitative estimate of drug-likeness (QED) is 0.487. The lowest BCUT2D eigenvalue weighted by Crippen LogP contribution is -2.25. The van der Waals surface area contributed by atoms with Gasteiger partial charge in [0, 0.05) is 18.8 Å². The largest absolute Gasteiger partial charge is 0.325 e. The average Bonchev–Trinajstić information content (AvgIpc) is 3.00. The molecule has 0 aliphatic heterocycles. The van der Waals surface area contributed by atoms with Gasteiger partial charge in [0.25, 0.3) is 5.56 Å². The Morgan fingerprint density at radius 3 is 2.54 bits per heavy atom. The minimum atomic E-state index is -0.132. The van der Waals surface area contributed by atoms with Gasteiger partial charge in [0.2, 0.25) is 5.91 Å². The summed E-state index contributed by atoms with van der Waals surface area (Å²) in [4.78, 5) is 30.1. The zero-order chi connectivity index (χ0) is 20.3. The molecule has 0 atom stereocenters. The molecule has 0 unspecified atom stereocenters. The van der Waals surface area contributed by atoms with Crippen LogP contribution >= 0.6 is 11.8 Å². The molecule has 0 saturated heterocycles. The van der Waals surface area contributed by atoms with E-state index >= 15 is 0 Å². The van der Waals surface area contributed by atoms with Gasteiger partial charge in [0.1, 0.15) is 5.52 Å². The first kappa shape index (κ1) is 20.1. The van der Waals surface area contributed by atoms with Crippen molar-refractivity contribution in [2.24, 2.45) is 0 Å². The summed E-state index contributed by atoms with van der Waals surface area (Å²) in [5.41, 5.74) is 3.66. The lowest BCUT2D eigenvalue weighted by atomic mass is 10.2. The van der Waals surface area contributed by atoms with E-state index in [1.807, 2.05) is 52.0 Å². The van der Waals surface area contributed by atoms with Crippen LogP contribution in [0.25, 0.3) is 11.0 Å². The minimum Gasteiger partial charge on any atom is -0.325 e. The summed E-state index contributed by atoms with van der Waals surface area (Å²) in [6, 6.07) is 7.64. The molecular formula is C20H25N5O2S. The fourth-order valence-electron chi connectivity index (χ4n) is 3.01. The number of carbonyl (C=O) groups is 1. The standard InChI is InChI=1S/C20H25N5O2S/c1-5-11-24-19(27)18-17(14(4)23-25(18)6-2)22-20(24)28-12-16(26)21-15-9-7-13(3)8-10-15/h7-10H,5-6,11-12H2,1-4H3,(H,21,26). The molecule has 3 aromatic rings. The summed E-state index contributed by atoms with van der Waals surface area (Å²) >= 11 is 1.27. The van der Waals surface area contributed by atoms with Crippen LogP contribution in [0.15, 0.2) is 34.2 Å². The normalized spacial score (nSPS) is 11.1. The SMILES string of the molecule is CCCn1c(SCC(=O)Nc2ccc(C)cc2)nc2c(C)nn(CC)c2c1=O. The molecule has 1 aromatic carbocycles. The van der Waals surface area contributed by atoms with E-state index in [0.29, 0.717) is 29.3 Å². The highest BCUT2D eigenvalue weighted by atomic mass is 32.2. The van der Waals surface area contributed by atoms with Crippen LogP contribution in [0.4, 0.5) is 5.69 Å². The van der Waals surface area contributed by atoms with Crippen molar-refractivity contribution in [2.75, 3.05) is 11.1 Å². The zero-order valence-electron chi connectivity index (χ0n) is 16.7. The summed E-state index contributed by atoms with van der Waals surface area (Å²) in [6.45, 7) is 8.98. The molecule has 3 rings (SSSR count). The Morgan fingerprint density at radius 1 is 1.18 bits per heavy atom. The molecule has 0 radical (unpaired) electrons. The Balaban J connectivity index is 1.86. The van der Waals surface area contributed by atoms with Crippen molar-refractivity contribution >= 4 is 34.4 Å². The molecule has 2 heterocycles. The molecule has 0 saturated carbocycles. The monoisotopic (exact) mass is 399 g/mol. The fourth-order valence-corrected chi connectivity index (χ4v) is 3.83. The summed E-state index contributed by atoms with van der Waals surface area (Å²) in [7, 11) is 0. The van der Waals surface area contributed by atoms with Gasteiger partial charge < -0.3 is 5.32 Å². The van der Waals surface area contributed by atoms with Crippen LogP contribution in [-0.2, 0) is 17.9 Å². The van der Waals surface area contributed by atoms with Gasteiger partial charge >= 0.3 is 0 Å². The third-order valence-corrected chi connectivity index (χ3v) is 5.37. The minimum absolute atomic E-state index is 0.101. The van der Waals surface area contributed by atoms with Crippen molar-refractivity contribution in [1.82, 2.24) is 19.3 Å². The maximum Gasteiger partial charge on any atom is 0.280 e. The maximum atomic E-state index is 13.0. The van der Waals surface area contributed by atoms with Gasteiger partial charge in [-0.15, -0.1) is 0 Å².